The number of benzene rings is 1. The van der Waals surface area contributed by atoms with Gasteiger partial charge in [-0.15, -0.1) is 0 Å². The Morgan fingerprint density at radius 2 is 1.90 bits per heavy atom. The monoisotopic (exact) mass is 267 g/mol. The zero-order chi connectivity index (χ0) is 13.8. The number of aromatic nitrogens is 1. The van der Waals surface area contributed by atoms with Crippen LogP contribution in [0.15, 0.2) is 54.9 Å². The van der Waals surface area contributed by atoms with Crippen LogP contribution in [0.3, 0.4) is 0 Å². The average Bonchev–Trinajstić information content (AvgIpc) is 2.97. The minimum Gasteiger partial charge on any atom is -0.324 e. The van der Waals surface area contributed by atoms with Crippen LogP contribution >= 0.6 is 0 Å². The number of rotatable bonds is 4. The summed E-state index contributed by atoms with van der Waals surface area (Å²) in [4.78, 5) is 6.56. The highest BCUT2D eigenvalue weighted by atomic mass is 15.1. The molecular formula is C17H21N3. The molecule has 1 saturated heterocycles. The summed E-state index contributed by atoms with van der Waals surface area (Å²) in [5.74, 6) is 0.543. The van der Waals surface area contributed by atoms with Crippen LogP contribution in [0.5, 0.6) is 0 Å². The summed E-state index contributed by atoms with van der Waals surface area (Å²) in [6, 6.07) is 14.8. The van der Waals surface area contributed by atoms with Crippen molar-refractivity contribution in [3.63, 3.8) is 0 Å². The van der Waals surface area contributed by atoms with Gasteiger partial charge >= 0.3 is 0 Å². The molecule has 2 atom stereocenters. The lowest BCUT2D eigenvalue weighted by Gasteiger charge is -2.20. The fourth-order valence-electron chi connectivity index (χ4n) is 3.00. The van der Waals surface area contributed by atoms with Gasteiger partial charge in [-0.05, 0) is 42.1 Å². The predicted molar refractivity (Wildman–Crippen MR) is 81.0 cm³/mol. The SMILES string of the molecule is NC(c1ccncc1)C1CCN(Cc2ccccc2)C1. The van der Waals surface area contributed by atoms with E-state index in [0.717, 1.165) is 19.6 Å². The van der Waals surface area contributed by atoms with E-state index in [1.165, 1.54) is 17.5 Å². The Morgan fingerprint density at radius 1 is 1.15 bits per heavy atom. The summed E-state index contributed by atoms with van der Waals surface area (Å²) in [7, 11) is 0. The van der Waals surface area contributed by atoms with E-state index in [4.69, 9.17) is 5.73 Å². The fourth-order valence-corrected chi connectivity index (χ4v) is 3.00. The highest BCUT2D eigenvalue weighted by Crippen LogP contribution is 2.28. The Hall–Kier alpha value is -1.71. The minimum absolute atomic E-state index is 0.124. The lowest BCUT2D eigenvalue weighted by molar-refractivity contribution is 0.306. The fraction of sp³-hybridized carbons (Fsp3) is 0.353. The maximum atomic E-state index is 6.40. The Kier molecular flexibility index (Phi) is 4.09. The second-order valence-corrected chi connectivity index (χ2v) is 5.58. The van der Waals surface area contributed by atoms with Crippen LogP contribution in [-0.4, -0.2) is 23.0 Å². The standard InChI is InChI=1S/C17H21N3/c18-17(15-6-9-19-10-7-15)16-8-11-20(13-16)12-14-4-2-1-3-5-14/h1-7,9-10,16-17H,8,11-13,18H2. The van der Waals surface area contributed by atoms with Crippen molar-refractivity contribution in [3.05, 3.63) is 66.0 Å². The van der Waals surface area contributed by atoms with E-state index >= 15 is 0 Å². The Morgan fingerprint density at radius 3 is 2.65 bits per heavy atom. The molecule has 1 aliphatic rings. The number of nitrogens with zero attached hydrogens (tertiary/aromatic N) is 2. The third-order valence-corrected chi connectivity index (χ3v) is 4.16. The maximum absolute atomic E-state index is 6.40. The Bertz CT molecular complexity index is 526. The first-order chi connectivity index (χ1) is 9.83. The molecule has 3 heteroatoms. The first-order valence-electron chi connectivity index (χ1n) is 7.25. The van der Waals surface area contributed by atoms with Crippen LogP contribution < -0.4 is 5.73 Å². The van der Waals surface area contributed by atoms with E-state index in [2.05, 4.69) is 40.2 Å². The first kappa shape index (κ1) is 13.3. The lowest BCUT2D eigenvalue weighted by Crippen LogP contribution is -2.26. The second kappa shape index (κ2) is 6.16. The van der Waals surface area contributed by atoms with Gasteiger partial charge in [0.05, 0.1) is 0 Å². The van der Waals surface area contributed by atoms with E-state index < -0.39 is 0 Å². The smallest absolute Gasteiger partial charge is 0.0337 e. The molecule has 1 aromatic heterocycles. The maximum Gasteiger partial charge on any atom is 0.0337 e. The summed E-state index contributed by atoms with van der Waals surface area (Å²) in [6.45, 7) is 3.25. The molecule has 1 aliphatic heterocycles. The number of hydrogen-bond acceptors (Lipinski definition) is 3. The molecule has 3 rings (SSSR count). The van der Waals surface area contributed by atoms with Gasteiger partial charge < -0.3 is 5.73 Å². The predicted octanol–water partition coefficient (Wildman–Crippen LogP) is 2.60. The molecule has 2 unspecified atom stereocenters. The van der Waals surface area contributed by atoms with Crippen molar-refractivity contribution >= 4 is 0 Å². The number of nitrogens with two attached hydrogens (primary N) is 1. The topological polar surface area (TPSA) is 42.1 Å². The molecule has 104 valence electrons. The number of hydrogen-bond donors (Lipinski definition) is 1. The van der Waals surface area contributed by atoms with Crippen molar-refractivity contribution in [1.82, 2.24) is 9.88 Å². The largest absolute Gasteiger partial charge is 0.324 e. The highest BCUT2D eigenvalue weighted by molar-refractivity contribution is 5.17. The van der Waals surface area contributed by atoms with Gasteiger partial charge in [0.2, 0.25) is 0 Å². The van der Waals surface area contributed by atoms with Crippen LogP contribution in [-0.2, 0) is 6.54 Å². The summed E-state index contributed by atoms with van der Waals surface area (Å²) in [5.41, 5.74) is 8.98. The highest BCUT2D eigenvalue weighted by Gasteiger charge is 2.28. The molecule has 0 saturated carbocycles. The summed E-state index contributed by atoms with van der Waals surface area (Å²) < 4.78 is 0. The zero-order valence-corrected chi connectivity index (χ0v) is 11.7. The van der Waals surface area contributed by atoms with Gasteiger partial charge in [0.15, 0.2) is 0 Å². The Balaban J connectivity index is 1.59. The minimum atomic E-state index is 0.124. The van der Waals surface area contributed by atoms with Crippen molar-refractivity contribution in [2.75, 3.05) is 13.1 Å². The summed E-state index contributed by atoms with van der Waals surface area (Å²) >= 11 is 0. The average molecular weight is 267 g/mol. The number of pyridine rings is 1. The van der Waals surface area contributed by atoms with Crippen molar-refractivity contribution in [1.29, 1.82) is 0 Å². The molecule has 2 heterocycles. The van der Waals surface area contributed by atoms with Crippen LogP contribution in [0.25, 0.3) is 0 Å². The molecule has 0 amide bonds. The molecule has 3 nitrogen and oxygen atoms in total. The molecular weight excluding hydrogens is 246 g/mol. The molecule has 1 fully saturated rings. The van der Waals surface area contributed by atoms with E-state index in [1.807, 2.05) is 24.5 Å². The molecule has 20 heavy (non-hydrogen) atoms. The van der Waals surface area contributed by atoms with Crippen LogP contribution in [0.1, 0.15) is 23.6 Å². The van der Waals surface area contributed by atoms with Crippen molar-refractivity contribution in [3.8, 4) is 0 Å². The van der Waals surface area contributed by atoms with E-state index in [9.17, 15) is 0 Å². The molecule has 2 N–H and O–H groups in total. The molecule has 0 aliphatic carbocycles. The number of likely N-dealkylation sites (tertiary alicyclic amines) is 1. The van der Waals surface area contributed by atoms with Crippen LogP contribution in [0.4, 0.5) is 0 Å². The summed E-state index contributed by atoms with van der Waals surface area (Å²) in [6.07, 6.45) is 4.83. The molecule has 0 radical (unpaired) electrons. The van der Waals surface area contributed by atoms with E-state index in [1.54, 1.807) is 0 Å². The van der Waals surface area contributed by atoms with Gasteiger partial charge in [-0.1, -0.05) is 30.3 Å². The van der Waals surface area contributed by atoms with Crippen LogP contribution in [0.2, 0.25) is 0 Å². The van der Waals surface area contributed by atoms with Gasteiger partial charge in [0.1, 0.15) is 0 Å². The normalized spacial score (nSPS) is 20.9. The second-order valence-electron chi connectivity index (χ2n) is 5.58. The van der Waals surface area contributed by atoms with Gasteiger partial charge in [0, 0.05) is 31.5 Å². The first-order valence-corrected chi connectivity index (χ1v) is 7.25. The van der Waals surface area contributed by atoms with E-state index in [0.29, 0.717) is 5.92 Å². The Labute approximate surface area is 120 Å². The van der Waals surface area contributed by atoms with E-state index in [-0.39, 0.29) is 6.04 Å². The van der Waals surface area contributed by atoms with Gasteiger partial charge in [-0.25, -0.2) is 0 Å². The third kappa shape index (κ3) is 3.06. The van der Waals surface area contributed by atoms with Gasteiger partial charge in [0.25, 0.3) is 0 Å². The van der Waals surface area contributed by atoms with Crippen molar-refractivity contribution in [2.24, 2.45) is 11.7 Å². The molecule has 0 bridgehead atoms. The van der Waals surface area contributed by atoms with Gasteiger partial charge in [-0.3, -0.25) is 9.88 Å². The molecule has 1 aromatic carbocycles. The van der Waals surface area contributed by atoms with Gasteiger partial charge in [-0.2, -0.15) is 0 Å². The zero-order valence-electron chi connectivity index (χ0n) is 11.7. The quantitative estimate of drug-likeness (QED) is 0.926. The summed E-state index contributed by atoms with van der Waals surface area (Å²) in [5, 5.41) is 0. The third-order valence-electron chi connectivity index (χ3n) is 4.16. The van der Waals surface area contributed by atoms with Crippen molar-refractivity contribution in [2.45, 2.75) is 19.0 Å². The van der Waals surface area contributed by atoms with Crippen LogP contribution in [0, 0.1) is 5.92 Å². The lowest BCUT2D eigenvalue weighted by atomic mass is 9.94. The molecule has 0 spiro atoms. The molecule has 2 aromatic rings. The van der Waals surface area contributed by atoms with Crippen molar-refractivity contribution < 1.29 is 0 Å².